The Bertz CT molecular complexity index is 287. The first-order valence-electron chi connectivity index (χ1n) is 5.27. The monoisotopic (exact) mass is 249 g/mol. The molecular weight excluding hydrogens is 233 g/mol. The highest BCUT2D eigenvalue weighted by atomic mass is 32.2. The fourth-order valence-electron chi connectivity index (χ4n) is 1.62. The average Bonchev–Trinajstić information content (AvgIpc) is 2.63. The van der Waals surface area contributed by atoms with Gasteiger partial charge in [-0.15, -0.1) is 0 Å². The van der Waals surface area contributed by atoms with Crippen LogP contribution in [0.2, 0.25) is 0 Å². The molecule has 0 radical (unpaired) electrons. The summed E-state index contributed by atoms with van der Waals surface area (Å²) >= 11 is 1.64. The van der Waals surface area contributed by atoms with E-state index in [1.807, 2.05) is 6.92 Å². The summed E-state index contributed by atoms with van der Waals surface area (Å²) in [7, 11) is 0. The van der Waals surface area contributed by atoms with Gasteiger partial charge in [-0.2, -0.15) is 11.8 Å². The summed E-state index contributed by atoms with van der Waals surface area (Å²) in [5.74, 6) is 0.0284. The van der Waals surface area contributed by atoms with Crippen LogP contribution in [0.4, 0.5) is 4.39 Å². The van der Waals surface area contributed by atoms with Gasteiger partial charge in [-0.25, -0.2) is 9.18 Å². The zero-order valence-corrected chi connectivity index (χ0v) is 10.1. The van der Waals surface area contributed by atoms with Crippen molar-refractivity contribution in [2.75, 3.05) is 24.6 Å². The highest BCUT2D eigenvalue weighted by Gasteiger charge is 2.46. The first-order valence-corrected chi connectivity index (χ1v) is 6.43. The number of alkyl halides is 1. The molecular formula is C10H16FNO3S. The number of rotatable bonds is 5. The maximum atomic E-state index is 13.6. The number of carboxylic acid groups (broad SMARTS) is 1. The molecule has 1 aliphatic rings. The van der Waals surface area contributed by atoms with Gasteiger partial charge in [-0.1, -0.05) is 6.92 Å². The molecule has 0 saturated carbocycles. The Labute approximate surface area is 98.2 Å². The summed E-state index contributed by atoms with van der Waals surface area (Å²) < 4.78 is 13.6. The Kier molecular flexibility index (Phi) is 4.58. The number of carboxylic acids is 1. The van der Waals surface area contributed by atoms with Crippen LogP contribution in [0.5, 0.6) is 0 Å². The van der Waals surface area contributed by atoms with Crippen molar-refractivity contribution < 1.29 is 19.1 Å². The predicted octanol–water partition coefficient (Wildman–Crippen LogP) is 1.15. The standard InChI is InChI=1S/C10H16FNO3S/c1-2-16-6-3-8(13)12-5-4-10(11,7-12)9(14)15/h2-7H2,1H3,(H,14,15). The molecule has 1 saturated heterocycles. The molecule has 1 aliphatic heterocycles. The summed E-state index contributed by atoms with van der Waals surface area (Å²) in [5, 5.41) is 8.67. The number of carbonyl (C=O) groups excluding carboxylic acids is 1. The van der Waals surface area contributed by atoms with Crippen LogP contribution < -0.4 is 0 Å². The van der Waals surface area contributed by atoms with Crippen LogP contribution in [-0.2, 0) is 9.59 Å². The first-order chi connectivity index (χ1) is 7.49. The topological polar surface area (TPSA) is 57.6 Å². The molecule has 1 N–H and O–H groups in total. The molecule has 1 rings (SSSR count). The molecule has 1 amide bonds. The lowest BCUT2D eigenvalue weighted by atomic mass is 10.1. The molecule has 0 aliphatic carbocycles. The van der Waals surface area contributed by atoms with Gasteiger partial charge < -0.3 is 10.0 Å². The lowest BCUT2D eigenvalue weighted by molar-refractivity contribution is -0.150. The van der Waals surface area contributed by atoms with Crippen molar-refractivity contribution in [3.05, 3.63) is 0 Å². The summed E-state index contributed by atoms with van der Waals surface area (Å²) in [5.41, 5.74) is -2.24. The third kappa shape index (κ3) is 3.10. The number of halogens is 1. The van der Waals surface area contributed by atoms with E-state index in [-0.39, 0.29) is 25.4 Å². The molecule has 0 aromatic rings. The second-order valence-electron chi connectivity index (χ2n) is 3.78. The van der Waals surface area contributed by atoms with Crippen LogP contribution in [-0.4, -0.2) is 52.1 Å². The number of carbonyl (C=O) groups is 2. The molecule has 0 aromatic carbocycles. The molecule has 92 valence electrons. The average molecular weight is 249 g/mol. The summed E-state index contributed by atoms with van der Waals surface area (Å²) in [6.45, 7) is 1.90. The second kappa shape index (κ2) is 5.52. The minimum absolute atomic E-state index is 0.102. The Hall–Kier alpha value is -0.780. The SMILES string of the molecule is CCSCCC(=O)N1CCC(F)(C(=O)O)C1. The largest absolute Gasteiger partial charge is 0.479 e. The van der Waals surface area contributed by atoms with Crippen LogP contribution >= 0.6 is 11.8 Å². The number of likely N-dealkylation sites (tertiary alicyclic amines) is 1. The van der Waals surface area contributed by atoms with Crippen molar-refractivity contribution in [1.82, 2.24) is 4.90 Å². The molecule has 1 atom stereocenters. The third-order valence-electron chi connectivity index (χ3n) is 2.62. The van der Waals surface area contributed by atoms with E-state index in [0.717, 1.165) is 5.75 Å². The Morgan fingerprint density at radius 1 is 1.56 bits per heavy atom. The molecule has 1 unspecified atom stereocenters. The number of hydrogen-bond donors (Lipinski definition) is 1. The number of aliphatic carboxylic acids is 1. The van der Waals surface area contributed by atoms with E-state index in [1.165, 1.54) is 4.90 Å². The normalized spacial score (nSPS) is 24.8. The lowest BCUT2D eigenvalue weighted by Gasteiger charge is -2.17. The molecule has 0 aromatic heterocycles. The Morgan fingerprint density at radius 2 is 2.25 bits per heavy atom. The van der Waals surface area contributed by atoms with Gasteiger partial charge in [-0.05, 0) is 5.75 Å². The smallest absolute Gasteiger partial charge is 0.343 e. The van der Waals surface area contributed by atoms with Gasteiger partial charge in [0.25, 0.3) is 0 Å². The molecule has 0 spiro atoms. The maximum Gasteiger partial charge on any atom is 0.343 e. The van der Waals surface area contributed by atoms with Crippen molar-refractivity contribution in [3.63, 3.8) is 0 Å². The second-order valence-corrected chi connectivity index (χ2v) is 5.18. The quantitative estimate of drug-likeness (QED) is 0.743. The van der Waals surface area contributed by atoms with E-state index in [4.69, 9.17) is 5.11 Å². The maximum absolute atomic E-state index is 13.6. The van der Waals surface area contributed by atoms with Crippen molar-refractivity contribution in [2.24, 2.45) is 0 Å². The van der Waals surface area contributed by atoms with E-state index in [9.17, 15) is 14.0 Å². The number of amides is 1. The lowest BCUT2D eigenvalue weighted by Crippen LogP contribution is -2.39. The van der Waals surface area contributed by atoms with Crippen molar-refractivity contribution in [1.29, 1.82) is 0 Å². The summed E-state index contributed by atoms with van der Waals surface area (Å²) in [6, 6.07) is 0. The van der Waals surface area contributed by atoms with Crippen molar-refractivity contribution in [3.8, 4) is 0 Å². The fourth-order valence-corrected chi connectivity index (χ4v) is 2.23. The summed E-state index contributed by atoms with van der Waals surface area (Å²) in [6.07, 6.45) is 0.253. The number of thioether (sulfide) groups is 1. The van der Waals surface area contributed by atoms with Gasteiger partial charge in [-0.3, -0.25) is 4.79 Å². The molecule has 4 nitrogen and oxygen atoms in total. The van der Waals surface area contributed by atoms with Crippen LogP contribution in [0.3, 0.4) is 0 Å². The van der Waals surface area contributed by atoms with Crippen LogP contribution in [0, 0.1) is 0 Å². The molecule has 1 fully saturated rings. The predicted molar refractivity (Wildman–Crippen MR) is 60.3 cm³/mol. The van der Waals surface area contributed by atoms with Gasteiger partial charge in [0.1, 0.15) is 0 Å². The number of nitrogens with zero attached hydrogens (tertiary/aromatic N) is 1. The van der Waals surface area contributed by atoms with Gasteiger partial charge >= 0.3 is 5.97 Å². The fraction of sp³-hybridized carbons (Fsp3) is 0.800. The molecule has 1 heterocycles. The third-order valence-corrected chi connectivity index (χ3v) is 3.52. The summed E-state index contributed by atoms with van der Waals surface area (Å²) in [4.78, 5) is 23.5. The van der Waals surface area contributed by atoms with Crippen LogP contribution in [0.1, 0.15) is 19.8 Å². The van der Waals surface area contributed by atoms with Gasteiger partial charge in [0.2, 0.25) is 11.6 Å². The van der Waals surface area contributed by atoms with Crippen LogP contribution in [0.25, 0.3) is 0 Å². The molecule has 16 heavy (non-hydrogen) atoms. The van der Waals surface area contributed by atoms with E-state index < -0.39 is 11.6 Å². The molecule has 0 bridgehead atoms. The Morgan fingerprint density at radius 3 is 2.75 bits per heavy atom. The van der Waals surface area contributed by atoms with E-state index in [2.05, 4.69) is 0 Å². The van der Waals surface area contributed by atoms with Gasteiger partial charge in [0.15, 0.2) is 0 Å². The highest BCUT2D eigenvalue weighted by Crippen LogP contribution is 2.26. The van der Waals surface area contributed by atoms with Crippen LogP contribution in [0.15, 0.2) is 0 Å². The number of hydrogen-bond acceptors (Lipinski definition) is 3. The zero-order chi connectivity index (χ0) is 12.2. The van der Waals surface area contributed by atoms with Gasteiger partial charge in [0.05, 0.1) is 6.54 Å². The van der Waals surface area contributed by atoms with E-state index in [1.54, 1.807) is 11.8 Å². The Balaban J connectivity index is 2.41. The minimum Gasteiger partial charge on any atom is -0.479 e. The minimum atomic E-state index is -2.24. The van der Waals surface area contributed by atoms with Crippen molar-refractivity contribution >= 4 is 23.6 Å². The zero-order valence-electron chi connectivity index (χ0n) is 9.24. The van der Waals surface area contributed by atoms with Crippen molar-refractivity contribution in [2.45, 2.75) is 25.4 Å². The highest BCUT2D eigenvalue weighted by molar-refractivity contribution is 7.99. The van der Waals surface area contributed by atoms with E-state index in [0.29, 0.717) is 12.2 Å². The molecule has 6 heteroatoms. The van der Waals surface area contributed by atoms with E-state index >= 15 is 0 Å². The first kappa shape index (κ1) is 13.3. The van der Waals surface area contributed by atoms with Gasteiger partial charge in [0, 0.05) is 25.1 Å².